The molecule has 1 saturated heterocycles. The van der Waals surface area contributed by atoms with Crippen molar-refractivity contribution < 1.29 is 39.6 Å². The highest BCUT2D eigenvalue weighted by Gasteiger charge is 2.27. The molecule has 0 bridgehead atoms. The van der Waals surface area contributed by atoms with Crippen LogP contribution in [0.4, 0.5) is 5.69 Å². The molecular formula is C26H40N6O8S. The summed E-state index contributed by atoms with van der Waals surface area (Å²) in [7, 11) is 0. The molecule has 1 aliphatic rings. The zero-order valence-electron chi connectivity index (χ0n) is 23.2. The Morgan fingerprint density at radius 2 is 1.22 bits per heavy atom. The summed E-state index contributed by atoms with van der Waals surface area (Å²) in [4.78, 5) is 53.3. The molecule has 15 heteroatoms. The largest absolute Gasteiger partial charge is 0.480 e. The molecule has 1 atom stereocenters. The first-order valence-corrected chi connectivity index (χ1v) is 13.8. The van der Waals surface area contributed by atoms with Crippen molar-refractivity contribution in [2.75, 3.05) is 83.9 Å². The summed E-state index contributed by atoms with van der Waals surface area (Å²) in [5.74, 6) is -4.19. The number of carbonyl (C=O) groups is 4. The number of nitrogens with one attached hydrogen (secondary N) is 2. The Balaban J connectivity index is 2.37. The van der Waals surface area contributed by atoms with Gasteiger partial charge >= 0.3 is 23.9 Å². The van der Waals surface area contributed by atoms with Gasteiger partial charge in [-0.3, -0.25) is 38.8 Å². The minimum Gasteiger partial charge on any atom is -0.480 e. The van der Waals surface area contributed by atoms with E-state index in [1.54, 1.807) is 19.6 Å². The highest BCUT2D eigenvalue weighted by Crippen LogP contribution is 2.16. The Morgan fingerprint density at radius 1 is 0.756 bits per heavy atom. The quantitative estimate of drug-likeness (QED) is 0.169. The Hall–Kier alpha value is -3.37. The molecule has 6 N–H and O–H groups in total. The Morgan fingerprint density at radius 3 is 1.71 bits per heavy atom. The predicted molar refractivity (Wildman–Crippen MR) is 155 cm³/mol. The van der Waals surface area contributed by atoms with Crippen molar-refractivity contribution in [3.63, 3.8) is 0 Å². The maximum atomic E-state index is 11.9. The topological polar surface area (TPSA) is 186 Å². The molecule has 14 nitrogen and oxygen atoms in total. The average molecular weight is 597 g/mol. The molecule has 0 aromatic heterocycles. The third-order valence-corrected chi connectivity index (χ3v) is 6.84. The highest BCUT2D eigenvalue weighted by molar-refractivity contribution is 7.80. The van der Waals surface area contributed by atoms with E-state index in [-0.39, 0.29) is 72.0 Å². The van der Waals surface area contributed by atoms with Gasteiger partial charge in [-0.25, -0.2) is 0 Å². The van der Waals surface area contributed by atoms with Crippen LogP contribution in [0, 0.1) is 0 Å². The van der Waals surface area contributed by atoms with Crippen molar-refractivity contribution in [3.05, 3.63) is 29.8 Å². The Kier molecular flexibility index (Phi) is 14.4. The second-order valence-electron chi connectivity index (χ2n) is 9.87. The predicted octanol–water partition coefficient (Wildman–Crippen LogP) is -0.536. The third kappa shape index (κ3) is 13.7. The molecule has 0 saturated carbocycles. The summed E-state index contributed by atoms with van der Waals surface area (Å²) in [5, 5.41) is 44.6. The molecule has 1 aromatic rings. The van der Waals surface area contributed by atoms with E-state index in [4.69, 9.17) is 12.2 Å². The fourth-order valence-corrected chi connectivity index (χ4v) is 4.95. The fourth-order valence-electron chi connectivity index (χ4n) is 4.69. The number of anilines is 1. The van der Waals surface area contributed by atoms with Crippen LogP contribution >= 0.6 is 12.2 Å². The Bertz CT molecular complexity index is 1040. The molecular weight excluding hydrogens is 556 g/mol. The molecule has 0 radical (unpaired) electrons. The number of nitrogens with zero attached hydrogens (tertiary/aromatic N) is 4. The summed E-state index contributed by atoms with van der Waals surface area (Å²) in [6.07, 6.45) is 0.402. The van der Waals surface area contributed by atoms with Crippen LogP contribution in [0.5, 0.6) is 0 Å². The fraction of sp³-hybridized carbons (Fsp3) is 0.577. The summed E-state index contributed by atoms with van der Waals surface area (Å²) in [5.41, 5.74) is 1.67. The van der Waals surface area contributed by atoms with E-state index in [1.165, 1.54) is 0 Å². The van der Waals surface area contributed by atoms with E-state index < -0.39 is 29.9 Å². The molecule has 2 rings (SSSR count). The van der Waals surface area contributed by atoms with E-state index in [2.05, 4.69) is 10.6 Å². The average Bonchev–Trinajstić information content (AvgIpc) is 2.86. The molecule has 1 heterocycles. The summed E-state index contributed by atoms with van der Waals surface area (Å²) >= 11 is 5.23. The van der Waals surface area contributed by atoms with Gasteiger partial charge in [0.2, 0.25) is 0 Å². The molecule has 1 fully saturated rings. The molecule has 0 aliphatic carbocycles. The van der Waals surface area contributed by atoms with Crippen molar-refractivity contribution >= 4 is 46.9 Å². The molecule has 1 aliphatic heterocycles. The standard InChI is InChI=1S/C26H40N6O8S/c1-2-27-26(41)28-20-5-3-19(4-6-20)13-21-14-31(17-24(37)38)10-9-29(15-22(33)34)7-8-30(16-23(35)36)11-12-32(21)18-25(39)40/h3-6,21H,2,7-18H2,1H3,(H,33,34)(H,35,36)(H,37,38)(H,39,40)(H2,27,28,41). The van der Waals surface area contributed by atoms with E-state index >= 15 is 0 Å². The zero-order chi connectivity index (χ0) is 30.4. The van der Waals surface area contributed by atoms with Crippen LogP contribution in [0.2, 0.25) is 0 Å². The van der Waals surface area contributed by atoms with Crippen molar-refractivity contribution in [1.29, 1.82) is 0 Å². The molecule has 1 unspecified atom stereocenters. The van der Waals surface area contributed by atoms with E-state index in [1.807, 2.05) is 31.2 Å². The van der Waals surface area contributed by atoms with Gasteiger partial charge in [0.25, 0.3) is 0 Å². The van der Waals surface area contributed by atoms with Crippen LogP contribution in [0.3, 0.4) is 0 Å². The minimum absolute atomic E-state index is 0.212. The van der Waals surface area contributed by atoms with Crippen molar-refractivity contribution in [2.45, 2.75) is 19.4 Å². The molecule has 228 valence electrons. The number of thiocarbonyl (C=S) groups is 1. The second kappa shape index (κ2) is 17.4. The second-order valence-corrected chi connectivity index (χ2v) is 10.3. The number of carboxylic acid groups (broad SMARTS) is 4. The lowest BCUT2D eigenvalue weighted by molar-refractivity contribution is -0.142. The molecule has 1 aromatic carbocycles. The van der Waals surface area contributed by atoms with E-state index in [0.29, 0.717) is 18.1 Å². The number of hydrogen-bond donors (Lipinski definition) is 6. The van der Waals surface area contributed by atoms with Crippen LogP contribution in [-0.4, -0.2) is 154 Å². The lowest BCUT2D eigenvalue weighted by atomic mass is 10.0. The first-order chi connectivity index (χ1) is 19.4. The van der Waals surface area contributed by atoms with Crippen LogP contribution in [-0.2, 0) is 25.6 Å². The number of aliphatic carboxylic acids is 4. The highest BCUT2D eigenvalue weighted by atomic mass is 32.1. The number of hydrogen-bond acceptors (Lipinski definition) is 9. The van der Waals surface area contributed by atoms with E-state index in [0.717, 1.165) is 11.3 Å². The maximum absolute atomic E-state index is 11.9. The van der Waals surface area contributed by atoms with Crippen molar-refractivity contribution in [1.82, 2.24) is 24.9 Å². The van der Waals surface area contributed by atoms with Crippen molar-refractivity contribution in [2.24, 2.45) is 0 Å². The number of benzene rings is 1. The minimum atomic E-state index is -1.05. The van der Waals surface area contributed by atoms with Gasteiger partial charge in [0.05, 0.1) is 26.2 Å². The molecule has 0 amide bonds. The van der Waals surface area contributed by atoms with E-state index in [9.17, 15) is 39.6 Å². The first-order valence-electron chi connectivity index (χ1n) is 13.4. The van der Waals surface area contributed by atoms with Gasteiger partial charge in [-0.15, -0.1) is 0 Å². The number of rotatable bonds is 12. The zero-order valence-corrected chi connectivity index (χ0v) is 24.0. The molecule has 0 spiro atoms. The van der Waals surface area contributed by atoms with Gasteiger partial charge in [0, 0.05) is 64.1 Å². The van der Waals surface area contributed by atoms with Crippen molar-refractivity contribution in [3.8, 4) is 0 Å². The van der Waals surface area contributed by atoms with Gasteiger partial charge in [-0.1, -0.05) is 12.1 Å². The lowest BCUT2D eigenvalue weighted by Crippen LogP contribution is -2.53. The smallest absolute Gasteiger partial charge is 0.317 e. The van der Waals surface area contributed by atoms with Gasteiger partial charge in [0.1, 0.15) is 0 Å². The lowest BCUT2D eigenvalue weighted by Gasteiger charge is -2.37. The third-order valence-electron chi connectivity index (χ3n) is 6.59. The van der Waals surface area contributed by atoms with Gasteiger partial charge < -0.3 is 31.1 Å². The normalized spacial score (nSPS) is 18.5. The van der Waals surface area contributed by atoms with Crippen LogP contribution in [0.1, 0.15) is 12.5 Å². The summed E-state index contributed by atoms with van der Waals surface area (Å²) in [6.45, 7) is 3.13. The first kappa shape index (κ1) is 33.8. The van der Waals surface area contributed by atoms with Gasteiger partial charge in [0.15, 0.2) is 5.11 Å². The van der Waals surface area contributed by atoms with Crippen LogP contribution < -0.4 is 10.6 Å². The summed E-state index contributed by atoms with van der Waals surface area (Å²) < 4.78 is 0. The number of carboxylic acids is 4. The maximum Gasteiger partial charge on any atom is 0.317 e. The van der Waals surface area contributed by atoms with Gasteiger partial charge in [-0.2, -0.15) is 0 Å². The van der Waals surface area contributed by atoms with Crippen LogP contribution in [0.25, 0.3) is 0 Å². The Labute approximate surface area is 244 Å². The SMILES string of the molecule is CCNC(=S)Nc1ccc(CC2CN(CC(=O)O)CCN(CC(=O)O)CCN(CC(=O)O)CCN2CC(=O)O)cc1. The van der Waals surface area contributed by atoms with Gasteiger partial charge in [-0.05, 0) is 43.3 Å². The van der Waals surface area contributed by atoms with Crippen LogP contribution in [0.15, 0.2) is 24.3 Å². The molecule has 41 heavy (non-hydrogen) atoms. The monoisotopic (exact) mass is 596 g/mol. The summed E-state index contributed by atoms with van der Waals surface area (Å²) in [6, 6.07) is 7.05.